The summed E-state index contributed by atoms with van der Waals surface area (Å²) < 4.78 is 5.85. The fourth-order valence-corrected chi connectivity index (χ4v) is 5.95. The Morgan fingerprint density at radius 3 is 2.22 bits per heavy atom. The molecule has 186 valence electrons. The molecule has 1 saturated heterocycles. The number of hydrogen-bond acceptors (Lipinski definition) is 4. The lowest BCUT2D eigenvalue weighted by molar-refractivity contribution is -0.134. The van der Waals surface area contributed by atoms with Gasteiger partial charge in [0, 0.05) is 30.1 Å². The molecule has 2 aliphatic carbocycles. The first-order valence-corrected chi connectivity index (χ1v) is 13.1. The third-order valence-electron chi connectivity index (χ3n) is 8.43. The lowest BCUT2D eigenvalue weighted by Crippen LogP contribution is -2.40. The van der Waals surface area contributed by atoms with E-state index >= 15 is 0 Å². The molecule has 1 atom stereocenters. The molecule has 6 heteroatoms. The molecule has 3 aromatic rings. The molecule has 0 bridgehead atoms. The van der Waals surface area contributed by atoms with E-state index in [1.54, 1.807) is 6.07 Å². The minimum Gasteiger partial charge on any atom is -0.449 e. The third kappa shape index (κ3) is 3.66. The maximum absolute atomic E-state index is 13.7. The van der Waals surface area contributed by atoms with E-state index in [2.05, 4.69) is 29.6 Å². The number of benzene rings is 3. The molecule has 37 heavy (non-hydrogen) atoms. The lowest BCUT2D eigenvalue weighted by atomic mass is 9.91. The Bertz CT molecular complexity index is 1420. The van der Waals surface area contributed by atoms with Crippen LogP contribution >= 0.6 is 0 Å². The number of ether oxygens (including phenoxy) is 1. The highest BCUT2D eigenvalue weighted by Gasteiger charge is 2.57. The van der Waals surface area contributed by atoms with Crippen LogP contribution in [0.15, 0.2) is 72.8 Å². The first-order chi connectivity index (χ1) is 18.0. The number of likely N-dealkylation sites (tertiary alicyclic amines) is 1. The van der Waals surface area contributed by atoms with Crippen LogP contribution in [-0.4, -0.2) is 41.8 Å². The predicted molar refractivity (Wildman–Crippen MR) is 138 cm³/mol. The highest BCUT2D eigenvalue weighted by Crippen LogP contribution is 2.52. The van der Waals surface area contributed by atoms with Crippen LogP contribution in [0.25, 0.3) is 11.1 Å². The van der Waals surface area contributed by atoms with E-state index in [1.165, 1.54) is 0 Å². The average Bonchev–Trinajstić information content (AvgIpc) is 3.86. The number of carbonyl (C=O) groups excluding carboxylic acids is 3. The molecule has 7 rings (SSSR count). The first kappa shape index (κ1) is 22.3. The van der Waals surface area contributed by atoms with E-state index < -0.39 is 11.0 Å². The lowest BCUT2D eigenvalue weighted by Gasteiger charge is -2.27. The Labute approximate surface area is 215 Å². The molecule has 3 aromatic carbocycles. The maximum atomic E-state index is 13.7. The summed E-state index contributed by atoms with van der Waals surface area (Å²) in [4.78, 5) is 40.3. The van der Waals surface area contributed by atoms with Crippen molar-refractivity contribution >= 4 is 17.8 Å². The summed E-state index contributed by atoms with van der Waals surface area (Å²) in [5.74, 6) is -0.181. The van der Waals surface area contributed by atoms with Gasteiger partial charge in [-0.3, -0.25) is 9.59 Å². The summed E-state index contributed by atoms with van der Waals surface area (Å²) >= 11 is 0. The fourth-order valence-electron chi connectivity index (χ4n) is 5.95. The second-order valence-electron chi connectivity index (χ2n) is 10.9. The van der Waals surface area contributed by atoms with Crippen LogP contribution < -0.4 is 5.32 Å². The number of hydrogen-bond donors (Lipinski definition) is 1. The van der Waals surface area contributed by atoms with Gasteiger partial charge in [-0.25, -0.2) is 4.79 Å². The van der Waals surface area contributed by atoms with Crippen molar-refractivity contribution in [3.8, 4) is 11.1 Å². The van der Waals surface area contributed by atoms with Crippen molar-refractivity contribution in [2.24, 2.45) is 0 Å². The van der Waals surface area contributed by atoms with Crippen LogP contribution in [0.3, 0.4) is 0 Å². The summed E-state index contributed by atoms with van der Waals surface area (Å²) in [6.45, 7) is 0.996. The number of amides is 2. The standard InChI is InChI=1S/C31H28N2O4/c34-27(32-24-13-14-24)22-7-5-20(6-8-22)21-9-11-23(12-10-21)30(15-16-30)29(36)33-18-17-31(19-33)26-4-2-1-3-25(26)28(35)37-31/h1-12,24H,13-19H2,(H,32,34)/t31-/m0/s1. The molecule has 0 aromatic heterocycles. The number of nitrogens with one attached hydrogen (secondary N) is 1. The highest BCUT2D eigenvalue weighted by atomic mass is 16.6. The van der Waals surface area contributed by atoms with E-state index in [-0.39, 0.29) is 17.8 Å². The molecule has 2 saturated carbocycles. The molecular weight excluding hydrogens is 464 g/mol. The van der Waals surface area contributed by atoms with Gasteiger partial charge in [-0.1, -0.05) is 54.6 Å². The maximum Gasteiger partial charge on any atom is 0.339 e. The van der Waals surface area contributed by atoms with Gasteiger partial charge < -0.3 is 15.0 Å². The van der Waals surface area contributed by atoms with Gasteiger partial charge in [0.25, 0.3) is 5.91 Å². The van der Waals surface area contributed by atoms with Gasteiger partial charge in [0.05, 0.1) is 17.5 Å². The summed E-state index contributed by atoms with van der Waals surface area (Å²) in [7, 11) is 0. The van der Waals surface area contributed by atoms with Gasteiger partial charge in [-0.15, -0.1) is 0 Å². The van der Waals surface area contributed by atoms with Crippen molar-refractivity contribution in [2.45, 2.75) is 49.2 Å². The van der Waals surface area contributed by atoms with Crippen molar-refractivity contribution in [3.05, 3.63) is 95.1 Å². The van der Waals surface area contributed by atoms with Crippen molar-refractivity contribution in [1.29, 1.82) is 0 Å². The van der Waals surface area contributed by atoms with Crippen LogP contribution in [-0.2, 0) is 20.5 Å². The van der Waals surface area contributed by atoms with Crippen molar-refractivity contribution in [1.82, 2.24) is 10.2 Å². The Kier molecular flexibility index (Phi) is 4.84. The Morgan fingerprint density at radius 1 is 0.865 bits per heavy atom. The molecule has 0 unspecified atom stereocenters. The molecule has 0 radical (unpaired) electrons. The first-order valence-electron chi connectivity index (χ1n) is 13.1. The summed E-state index contributed by atoms with van der Waals surface area (Å²) in [5.41, 5.74) is 4.11. The van der Waals surface area contributed by atoms with Crippen LogP contribution in [0.1, 0.15) is 63.9 Å². The molecule has 2 amide bonds. The third-order valence-corrected chi connectivity index (χ3v) is 8.43. The molecular formula is C31H28N2O4. The Morgan fingerprint density at radius 2 is 1.54 bits per heavy atom. The predicted octanol–water partition coefficient (Wildman–Crippen LogP) is 4.58. The Hall–Kier alpha value is -3.93. The van der Waals surface area contributed by atoms with E-state index in [0.717, 1.165) is 47.9 Å². The van der Waals surface area contributed by atoms with E-state index in [0.29, 0.717) is 36.7 Å². The zero-order valence-electron chi connectivity index (χ0n) is 20.5. The van der Waals surface area contributed by atoms with Crippen molar-refractivity contribution < 1.29 is 19.1 Å². The summed E-state index contributed by atoms with van der Waals surface area (Å²) in [5, 5.41) is 3.02. The zero-order valence-corrected chi connectivity index (χ0v) is 20.5. The van der Waals surface area contributed by atoms with Crippen molar-refractivity contribution in [2.75, 3.05) is 13.1 Å². The molecule has 3 fully saturated rings. The largest absolute Gasteiger partial charge is 0.449 e. The average molecular weight is 493 g/mol. The van der Waals surface area contributed by atoms with Gasteiger partial charge >= 0.3 is 5.97 Å². The monoisotopic (exact) mass is 492 g/mol. The van der Waals surface area contributed by atoms with Gasteiger partial charge in [-0.2, -0.15) is 0 Å². The molecule has 2 aliphatic heterocycles. The molecule has 6 nitrogen and oxygen atoms in total. The van der Waals surface area contributed by atoms with E-state index in [9.17, 15) is 14.4 Å². The quantitative estimate of drug-likeness (QED) is 0.529. The topological polar surface area (TPSA) is 75.7 Å². The van der Waals surface area contributed by atoms with Gasteiger partial charge in [0.15, 0.2) is 5.60 Å². The number of nitrogens with zero attached hydrogens (tertiary/aromatic N) is 1. The van der Waals surface area contributed by atoms with Gasteiger partial charge in [0.2, 0.25) is 5.91 Å². The van der Waals surface area contributed by atoms with Gasteiger partial charge in [-0.05, 0) is 60.6 Å². The van der Waals surface area contributed by atoms with Crippen LogP contribution in [0.2, 0.25) is 0 Å². The second kappa shape index (κ2) is 8.04. The zero-order chi connectivity index (χ0) is 25.2. The highest BCUT2D eigenvalue weighted by molar-refractivity contribution is 5.96. The SMILES string of the molecule is O=C(NC1CC1)c1ccc(-c2ccc(C3(C(=O)N4CC[C@@]5(C4)OC(=O)c4ccccc45)CC3)cc2)cc1. The second-order valence-corrected chi connectivity index (χ2v) is 10.9. The number of carbonyl (C=O) groups is 3. The normalized spacial score (nSPS) is 23.0. The molecule has 4 aliphatic rings. The fraction of sp³-hybridized carbons (Fsp3) is 0.323. The Balaban J connectivity index is 1.07. The minimum absolute atomic E-state index is 0.0156. The van der Waals surface area contributed by atoms with Crippen molar-refractivity contribution in [3.63, 3.8) is 0 Å². The van der Waals surface area contributed by atoms with Crippen LogP contribution in [0, 0.1) is 0 Å². The smallest absolute Gasteiger partial charge is 0.339 e. The van der Waals surface area contributed by atoms with Gasteiger partial charge in [0.1, 0.15) is 0 Å². The van der Waals surface area contributed by atoms with E-state index in [4.69, 9.17) is 4.74 Å². The number of fused-ring (bicyclic) bond motifs is 2. The van der Waals surface area contributed by atoms with E-state index in [1.807, 2.05) is 47.4 Å². The summed E-state index contributed by atoms with van der Waals surface area (Å²) in [6, 6.07) is 23.8. The number of esters is 1. The summed E-state index contributed by atoms with van der Waals surface area (Å²) in [6.07, 6.45) is 4.43. The van der Waals surface area contributed by atoms with Crippen LogP contribution in [0.5, 0.6) is 0 Å². The molecule has 2 heterocycles. The molecule has 1 N–H and O–H groups in total. The molecule has 1 spiro atoms. The minimum atomic E-state index is -0.717. The number of rotatable bonds is 5. The van der Waals surface area contributed by atoms with Crippen LogP contribution in [0.4, 0.5) is 0 Å².